The van der Waals surface area contributed by atoms with E-state index in [9.17, 15) is 4.79 Å². The molecule has 2 aromatic heterocycles. The fraction of sp³-hybridized carbons (Fsp3) is 0.333. The lowest BCUT2D eigenvalue weighted by molar-refractivity contribution is 0.0766. The van der Waals surface area contributed by atoms with Gasteiger partial charge in [0.15, 0.2) is 0 Å². The van der Waals surface area contributed by atoms with Gasteiger partial charge in [0.2, 0.25) is 0 Å². The molecule has 158 valence electrons. The lowest BCUT2D eigenvalue weighted by atomic mass is 10.1. The molecule has 0 atom stereocenters. The number of fused-ring (bicyclic) bond motifs is 1. The highest BCUT2D eigenvalue weighted by Crippen LogP contribution is 2.39. The number of carbonyl (C=O) groups is 1. The number of rotatable bonds is 3. The van der Waals surface area contributed by atoms with E-state index < -0.39 is 0 Å². The van der Waals surface area contributed by atoms with E-state index in [1.165, 1.54) is 10.4 Å². The summed E-state index contributed by atoms with van der Waals surface area (Å²) in [5.41, 5.74) is 3.98. The molecule has 3 aromatic rings. The van der Waals surface area contributed by atoms with Crippen LogP contribution in [0.15, 0.2) is 48.8 Å². The van der Waals surface area contributed by atoms with E-state index in [1.54, 1.807) is 11.3 Å². The van der Waals surface area contributed by atoms with Gasteiger partial charge in [-0.25, -0.2) is 0 Å². The van der Waals surface area contributed by atoms with Crippen LogP contribution < -0.4 is 4.90 Å². The van der Waals surface area contributed by atoms with Gasteiger partial charge in [-0.2, -0.15) is 17.0 Å². The Bertz CT molecular complexity index is 1110. The number of hydrogen-bond donors (Lipinski definition) is 0. The van der Waals surface area contributed by atoms with Crippen LogP contribution in [0.4, 0.5) is 5.69 Å². The van der Waals surface area contributed by atoms with E-state index in [4.69, 9.17) is 5.26 Å². The third-order valence-electron chi connectivity index (χ3n) is 6.00. The van der Waals surface area contributed by atoms with Crippen LogP contribution in [0.25, 0.3) is 5.00 Å². The van der Waals surface area contributed by atoms with Gasteiger partial charge < -0.3 is 14.4 Å². The van der Waals surface area contributed by atoms with Crippen molar-refractivity contribution >= 4 is 34.7 Å². The fourth-order valence-corrected chi connectivity index (χ4v) is 6.81. The van der Waals surface area contributed by atoms with Crippen molar-refractivity contribution in [2.75, 3.05) is 36.8 Å². The zero-order valence-corrected chi connectivity index (χ0v) is 18.9. The molecule has 0 radical (unpaired) electrons. The number of nitrogens with zero attached hydrogens (tertiary/aromatic N) is 4. The van der Waals surface area contributed by atoms with Gasteiger partial charge in [-0.3, -0.25) is 4.79 Å². The molecule has 0 bridgehead atoms. The van der Waals surface area contributed by atoms with Crippen LogP contribution in [-0.4, -0.2) is 47.3 Å². The molecule has 31 heavy (non-hydrogen) atoms. The van der Waals surface area contributed by atoms with Crippen LogP contribution >= 0.6 is 23.1 Å². The molecule has 1 fully saturated rings. The smallest absolute Gasteiger partial charge is 0.257 e. The minimum atomic E-state index is 0.176. The Labute approximate surface area is 190 Å². The maximum Gasteiger partial charge on any atom is 0.257 e. The molecule has 1 aromatic carbocycles. The number of anilines is 1. The van der Waals surface area contributed by atoms with Crippen molar-refractivity contribution in [1.82, 2.24) is 9.47 Å². The molecule has 5 nitrogen and oxygen atoms in total. The Balaban J connectivity index is 1.39. The van der Waals surface area contributed by atoms with Crippen LogP contribution in [0.1, 0.15) is 32.8 Å². The SMILES string of the molecule is N#Cc1ccc(N2CCCN(C(=O)c3c(-n4cccc4)sc4c3CCSC4)CC2)cc1. The molecule has 1 saturated heterocycles. The Morgan fingerprint density at radius 1 is 1.03 bits per heavy atom. The van der Waals surface area contributed by atoms with E-state index >= 15 is 0 Å². The maximum absolute atomic E-state index is 13.8. The second-order valence-corrected chi connectivity index (χ2v) is 10.1. The third kappa shape index (κ3) is 3.98. The Hall–Kier alpha value is -2.69. The molecule has 0 spiro atoms. The number of carbonyl (C=O) groups excluding carboxylic acids is 1. The van der Waals surface area contributed by atoms with Gasteiger partial charge in [0.05, 0.1) is 17.2 Å². The lowest BCUT2D eigenvalue weighted by Crippen LogP contribution is -2.36. The molecule has 0 aliphatic carbocycles. The van der Waals surface area contributed by atoms with Crippen LogP contribution in [0.3, 0.4) is 0 Å². The van der Waals surface area contributed by atoms with E-state index in [2.05, 4.69) is 15.5 Å². The molecule has 1 amide bonds. The Morgan fingerprint density at radius 2 is 1.84 bits per heavy atom. The first kappa shape index (κ1) is 20.2. The van der Waals surface area contributed by atoms with E-state index in [-0.39, 0.29) is 5.91 Å². The maximum atomic E-state index is 13.8. The summed E-state index contributed by atoms with van der Waals surface area (Å²) >= 11 is 3.73. The number of nitriles is 1. The van der Waals surface area contributed by atoms with Crippen molar-refractivity contribution in [3.05, 3.63) is 70.4 Å². The van der Waals surface area contributed by atoms with Crippen molar-refractivity contribution in [2.24, 2.45) is 0 Å². The number of thiophene rings is 1. The summed E-state index contributed by atoms with van der Waals surface area (Å²) in [5.74, 6) is 2.27. The molecule has 0 unspecified atom stereocenters. The number of amides is 1. The van der Waals surface area contributed by atoms with Gasteiger partial charge in [-0.1, -0.05) is 0 Å². The highest BCUT2D eigenvalue weighted by atomic mass is 32.2. The Kier molecular flexibility index (Phi) is 5.75. The van der Waals surface area contributed by atoms with Gasteiger partial charge in [0.1, 0.15) is 5.00 Å². The summed E-state index contributed by atoms with van der Waals surface area (Å²) in [7, 11) is 0. The van der Waals surface area contributed by atoms with Crippen molar-refractivity contribution < 1.29 is 4.79 Å². The van der Waals surface area contributed by atoms with Gasteiger partial charge >= 0.3 is 0 Å². The summed E-state index contributed by atoms with van der Waals surface area (Å²) in [6.45, 7) is 3.20. The van der Waals surface area contributed by atoms with Gasteiger partial charge in [-0.05, 0) is 60.6 Å². The van der Waals surface area contributed by atoms with E-state index in [1.807, 2.05) is 65.5 Å². The molecule has 4 heterocycles. The topological polar surface area (TPSA) is 52.3 Å². The average molecular weight is 449 g/mol. The first-order chi connectivity index (χ1) is 15.2. The van der Waals surface area contributed by atoms with Crippen LogP contribution in [0.5, 0.6) is 0 Å². The number of aromatic nitrogens is 1. The van der Waals surface area contributed by atoms with Crippen molar-refractivity contribution in [3.63, 3.8) is 0 Å². The molecule has 0 saturated carbocycles. The van der Waals surface area contributed by atoms with E-state index in [0.717, 1.165) is 60.2 Å². The summed E-state index contributed by atoms with van der Waals surface area (Å²) in [6, 6.07) is 13.9. The van der Waals surface area contributed by atoms with Crippen LogP contribution in [0.2, 0.25) is 0 Å². The minimum absolute atomic E-state index is 0.176. The molecule has 2 aliphatic rings. The molecule has 0 N–H and O–H groups in total. The van der Waals surface area contributed by atoms with Crippen molar-refractivity contribution in [1.29, 1.82) is 5.26 Å². The molecule has 5 rings (SSSR count). The summed E-state index contributed by atoms with van der Waals surface area (Å²) in [5, 5.41) is 10.1. The largest absolute Gasteiger partial charge is 0.370 e. The number of benzene rings is 1. The first-order valence-electron chi connectivity index (χ1n) is 10.6. The second-order valence-electron chi connectivity index (χ2n) is 7.87. The predicted octanol–water partition coefficient (Wildman–Crippen LogP) is 4.55. The average Bonchev–Trinajstić information content (AvgIpc) is 3.40. The van der Waals surface area contributed by atoms with Gasteiger partial charge in [0.25, 0.3) is 5.91 Å². The summed E-state index contributed by atoms with van der Waals surface area (Å²) < 4.78 is 2.10. The zero-order chi connectivity index (χ0) is 21.2. The van der Waals surface area contributed by atoms with E-state index in [0.29, 0.717) is 12.1 Å². The minimum Gasteiger partial charge on any atom is -0.370 e. The Morgan fingerprint density at radius 3 is 2.61 bits per heavy atom. The molecular formula is C24H24N4OS2. The monoisotopic (exact) mass is 448 g/mol. The fourth-order valence-electron chi connectivity index (χ4n) is 4.37. The normalized spacial score (nSPS) is 16.5. The lowest BCUT2D eigenvalue weighted by Gasteiger charge is -2.24. The van der Waals surface area contributed by atoms with Gasteiger partial charge in [-0.15, -0.1) is 11.3 Å². The van der Waals surface area contributed by atoms with Crippen LogP contribution in [0, 0.1) is 11.3 Å². The number of thioether (sulfide) groups is 1. The summed E-state index contributed by atoms with van der Waals surface area (Å²) in [6.07, 6.45) is 5.99. The summed E-state index contributed by atoms with van der Waals surface area (Å²) in [4.78, 5) is 19.5. The predicted molar refractivity (Wildman–Crippen MR) is 127 cm³/mol. The highest BCUT2D eigenvalue weighted by molar-refractivity contribution is 7.98. The highest BCUT2D eigenvalue weighted by Gasteiger charge is 2.30. The quantitative estimate of drug-likeness (QED) is 0.590. The number of hydrogen-bond acceptors (Lipinski definition) is 5. The molecule has 7 heteroatoms. The van der Waals surface area contributed by atoms with Crippen molar-refractivity contribution in [3.8, 4) is 11.1 Å². The van der Waals surface area contributed by atoms with Crippen molar-refractivity contribution in [2.45, 2.75) is 18.6 Å². The third-order valence-corrected chi connectivity index (χ3v) is 8.41. The van der Waals surface area contributed by atoms with Gasteiger partial charge in [0, 0.05) is 54.9 Å². The van der Waals surface area contributed by atoms with Crippen LogP contribution in [-0.2, 0) is 12.2 Å². The molecular weight excluding hydrogens is 424 g/mol. The first-order valence-corrected chi connectivity index (χ1v) is 12.6. The standard InChI is InChI=1S/C24H24N4OS2/c25-16-18-4-6-19(7-5-18)26-11-3-12-27(14-13-26)23(29)22-20-8-15-30-17-21(20)31-24(22)28-9-1-2-10-28/h1-2,4-7,9-10H,3,8,11-15,17H2. The second kappa shape index (κ2) is 8.81. The molecule has 2 aliphatic heterocycles. The zero-order valence-electron chi connectivity index (χ0n) is 17.3.